The van der Waals surface area contributed by atoms with E-state index in [1.165, 1.54) is 0 Å². The third-order valence-electron chi connectivity index (χ3n) is 4.61. The quantitative estimate of drug-likeness (QED) is 0.188. The highest BCUT2D eigenvalue weighted by atomic mass is 127. The van der Waals surface area contributed by atoms with Gasteiger partial charge in [-0.3, -0.25) is 4.99 Å². The van der Waals surface area contributed by atoms with Gasteiger partial charge in [-0.15, -0.1) is 24.0 Å². The molecule has 0 unspecified atom stereocenters. The second-order valence-corrected chi connectivity index (χ2v) is 6.84. The van der Waals surface area contributed by atoms with Crippen LogP contribution in [0, 0.1) is 0 Å². The van der Waals surface area contributed by atoms with Gasteiger partial charge in [-0.2, -0.15) is 0 Å². The Morgan fingerprint density at radius 2 is 1.97 bits per heavy atom. The summed E-state index contributed by atoms with van der Waals surface area (Å²) in [6.07, 6.45) is 1.86. The zero-order chi connectivity index (χ0) is 21.2. The van der Waals surface area contributed by atoms with Crippen LogP contribution in [0.2, 0.25) is 0 Å². The van der Waals surface area contributed by atoms with E-state index >= 15 is 0 Å². The molecule has 0 aliphatic carbocycles. The van der Waals surface area contributed by atoms with Gasteiger partial charge in [-0.25, -0.2) is 4.98 Å². The van der Waals surface area contributed by atoms with Crippen molar-refractivity contribution in [3.63, 3.8) is 0 Å². The molecule has 0 bridgehead atoms. The van der Waals surface area contributed by atoms with Crippen LogP contribution >= 0.6 is 24.0 Å². The molecule has 1 aromatic heterocycles. The molecule has 8 heteroatoms. The number of methoxy groups -OCH3 is 1. The van der Waals surface area contributed by atoms with E-state index in [0.717, 1.165) is 34.4 Å². The summed E-state index contributed by atoms with van der Waals surface area (Å²) < 4.78 is 11.0. The highest BCUT2D eigenvalue weighted by molar-refractivity contribution is 14.0. The third kappa shape index (κ3) is 7.55. The number of guanidine groups is 1. The molecule has 0 saturated heterocycles. The van der Waals surface area contributed by atoms with E-state index in [1.807, 2.05) is 60.6 Å². The van der Waals surface area contributed by atoms with Crippen LogP contribution in [0.25, 0.3) is 11.3 Å². The summed E-state index contributed by atoms with van der Waals surface area (Å²) in [5.41, 5.74) is 3.21. The molecule has 0 aliphatic heterocycles. The fourth-order valence-electron chi connectivity index (χ4n) is 3.08. The van der Waals surface area contributed by atoms with Gasteiger partial charge in [-0.05, 0) is 23.3 Å². The molecule has 0 radical (unpaired) electrons. The molecule has 2 aromatic carbocycles. The Bertz CT molecular complexity index is 946. The van der Waals surface area contributed by atoms with E-state index in [9.17, 15) is 0 Å². The van der Waals surface area contributed by atoms with Gasteiger partial charge >= 0.3 is 0 Å². The van der Waals surface area contributed by atoms with Crippen LogP contribution in [-0.2, 0) is 17.9 Å². The van der Waals surface area contributed by atoms with Crippen molar-refractivity contribution in [2.24, 2.45) is 4.99 Å². The van der Waals surface area contributed by atoms with Crippen LogP contribution in [0.15, 0.2) is 65.8 Å². The van der Waals surface area contributed by atoms with E-state index in [2.05, 4.69) is 32.4 Å². The molecule has 1 heterocycles. The molecule has 7 nitrogen and oxygen atoms in total. The smallest absolute Gasteiger partial charge is 0.193 e. The van der Waals surface area contributed by atoms with Gasteiger partial charge in [0.15, 0.2) is 5.96 Å². The lowest BCUT2D eigenvalue weighted by Gasteiger charge is -2.21. The maximum Gasteiger partial charge on any atom is 0.193 e. The van der Waals surface area contributed by atoms with Gasteiger partial charge in [0.2, 0.25) is 0 Å². The number of ether oxygens (including phenoxy) is 2. The SMILES string of the molecule is CN=C(NCCOCc1cccc(OC)c1)N(C)Cc1ncc(-c2ccccc2)[nH]1.I. The number of rotatable bonds is 9. The predicted octanol–water partition coefficient (Wildman–Crippen LogP) is 3.93. The van der Waals surface area contributed by atoms with Crippen LogP contribution in [0.3, 0.4) is 0 Å². The Kier molecular flexibility index (Phi) is 10.3. The molecule has 31 heavy (non-hydrogen) atoms. The maximum absolute atomic E-state index is 5.75. The van der Waals surface area contributed by atoms with Crippen molar-refractivity contribution in [2.75, 3.05) is 34.4 Å². The number of nitrogens with zero attached hydrogens (tertiary/aromatic N) is 3. The van der Waals surface area contributed by atoms with E-state index in [4.69, 9.17) is 9.47 Å². The van der Waals surface area contributed by atoms with Crippen LogP contribution in [-0.4, -0.2) is 55.2 Å². The summed E-state index contributed by atoms with van der Waals surface area (Å²) in [5, 5.41) is 3.32. The van der Waals surface area contributed by atoms with Crippen molar-refractivity contribution in [2.45, 2.75) is 13.2 Å². The third-order valence-corrected chi connectivity index (χ3v) is 4.61. The lowest BCUT2D eigenvalue weighted by molar-refractivity contribution is 0.125. The summed E-state index contributed by atoms with van der Waals surface area (Å²) in [7, 11) is 5.42. The fraction of sp³-hybridized carbons (Fsp3) is 0.304. The summed E-state index contributed by atoms with van der Waals surface area (Å²) in [6, 6.07) is 18.1. The minimum absolute atomic E-state index is 0. The van der Waals surface area contributed by atoms with Crippen molar-refractivity contribution < 1.29 is 9.47 Å². The average molecular weight is 535 g/mol. The second kappa shape index (κ2) is 13.0. The molecule has 0 atom stereocenters. The lowest BCUT2D eigenvalue weighted by atomic mass is 10.2. The number of aromatic amines is 1. The summed E-state index contributed by atoms with van der Waals surface area (Å²) in [5.74, 6) is 2.51. The molecular weight excluding hydrogens is 505 g/mol. The van der Waals surface area contributed by atoms with Crippen LogP contribution in [0.5, 0.6) is 5.75 Å². The lowest BCUT2D eigenvalue weighted by Crippen LogP contribution is -2.40. The van der Waals surface area contributed by atoms with Crippen molar-refractivity contribution in [1.29, 1.82) is 0 Å². The van der Waals surface area contributed by atoms with Gasteiger partial charge in [0.05, 0.1) is 38.8 Å². The van der Waals surface area contributed by atoms with Gasteiger partial charge in [0.25, 0.3) is 0 Å². The van der Waals surface area contributed by atoms with Crippen LogP contribution in [0.4, 0.5) is 0 Å². The first kappa shape index (κ1) is 24.7. The summed E-state index contributed by atoms with van der Waals surface area (Å²) >= 11 is 0. The number of H-pyrrole nitrogens is 1. The molecule has 0 fully saturated rings. The number of nitrogens with one attached hydrogen (secondary N) is 2. The molecule has 166 valence electrons. The minimum Gasteiger partial charge on any atom is -0.497 e. The van der Waals surface area contributed by atoms with Crippen molar-refractivity contribution in [3.8, 4) is 17.0 Å². The maximum atomic E-state index is 5.75. The van der Waals surface area contributed by atoms with Crippen LogP contribution < -0.4 is 10.1 Å². The molecule has 2 N–H and O–H groups in total. The molecule has 3 aromatic rings. The van der Waals surface area contributed by atoms with Gasteiger partial charge in [0, 0.05) is 20.6 Å². The first-order valence-corrected chi connectivity index (χ1v) is 9.91. The van der Waals surface area contributed by atoms with Gasteiger partial charge in [0.1, 0.15) is 11.6 Å². The number of benzene rings is 2. The molecule has 0 spiro atoms. The summed E-state index contributed by atoms with van der Waals surface area (Å²) in [4.78, 5) is 14.2. The highest BCUT2D eigenvalue weighted by Crippen LogP contribution is 2.16. The molecular formula is C23H30IN5O2. The first-order valence-electron chi connectivity index (χ1n) is 9.91. The van der Waals surface area contributed by atoms with Crippen molar-refractivity contribution in [3.05, 3.63) is 72.2 Å². The predicted molar refractivity (Wildman–Crippen MR) is 135 cm³/mol. The van der Waals surface area contributed by atoms with Crippen molar-refractivity contribution >= 4 is 29.9 Å². The molecule has 0 saturated carbocycles. The second-order valence-electron chi connectivity index (χ2n) is 6.84. The van der Waals surface area contributed by atoms with Gasteiger partial charge in [-0.1, -0.05) is 42.5 Å². The van der Waals surface area contributed by atoms with E-state index < -0.39 is 0 Å². The van der Waals surface area contributed by atoms with Crippen LogP contribution in [0.1, 0.15) is 11.4 Å². The number of hydrogen-bond acceptors (Lipinski definition) is 4. The monoisotopic (exact) mass is 535 g/mol. The Hall–Kier alpha value is -2.59. The average Bonchev–Trinajstić information content (AvgIpc) is 3.25. The first-order chi connectivity index (χ1) is 14.7. The zero-order valence-electron chi connectivity index (χ0n) is 18.2. The Balaban J connectivity index is 0.00000341. The largest absolute Gasteiger partial charge is 0.497 e. The summed E-state index contributed by atoms with van der Waals surface area (Å²) in [6.45, 7) is 2.40. The topological polar surface area (TPSA) is 74.8 Å². The minimum atomic E-state index is 0. The van der Waals surface area contributed by atoms with Crippen molar-refractivity contribution in [1.82, 2.24) is 20.2 Å². The fourth-order valence-corrected chi connectivity index (χ4v) is 3.08. The van der Waals surface area contributed by atoms with Gasteiger partial charge < -0.3 is 24.7 Å². The number of imidazole rings is 1. The number of aromatic nitrogens is 2. The Morgan fingerprint density at radius 3 is 2.71 bits per heavy atom. The molecule has 3 rings (SSSR count). The zero-order valence-corrected chi connectivity index (χ0v) is 20.5. The standard InChI is InChI=1S/C23H29N5O2.HI/c1-24-23(25-12-13-30-17-18-8-7-11-20(14-18)29-3)28(2)16-22-26-15-21(27-22)19-9-5-4-6-10-19;/h4-11,14-15H,12-13,16-17H2,1-3H3,(H,24,25)(H,26,27);1H. The molecule has 0 aliphatic rings. The number of aliphatic imine (C=N–C) groups is 1. The van der Waals surface area contributed by atoms with E-state index in [1.54, 1.807) is 14.2 Å². The van der Waals surface area contributed by atoms with E-state index in [0.29, 0.717) is 26.3 Å². The Labute approximate surface area is 200 Å². The van der Waals surface area contributed by atoms with E-state index in [-0.39, 0.29) is 24.0 Å². The molecule has 0 amide bonds. The highest BCUT2D eigenvalue weighted by Gasteiger charge is 2.09. The Morgan fingerprint density at radius 1 is 1.16 bits per heavy atom. The normalized spacial score (nSPS) is 11.0. The number of hydrogen-bond donors (Lipinski definition) is 2. The number of halogens is 1.